The molecule has 6 nitrogen and oxygen atoms in total. The minimum atomic E-state index is -1.02. The van der Waals surface area contributed by atoms with Crippen LogP contribution >= 0.6 is 12.4 Å². The van der Waals surface area contributed by atoms with E-state index in [1.54, 1.807) is 0 Å². The first-order chi connectivity index (χ1) is 9.93. The van der Waals surface area contributed by atoms with E-state index in [9.17, 15) is 14.8 Å². The lowest BCUT2D eigenvalue weighted by molar-refractivity contribution is -0.167. The molecule has 2 N–H and O–H groups in total. The summed E-state index contributed by atoms with van der Waals surface area (Å²) in [5, 5.41) is 18.3. The summed E-state index contributed by atoms with van der Waals surface area (Å²) in [4.78, 5) is 24.0. The van der Waals surface area contributed by atoms with Crippen LogP contribution in [0.4, 0.5) is 0 Å². The minimum absolute atomic E-state index is 0. The number of hydroxylamine groups is 2. The van der Waals surface area contributed by atoms with E-state index in [0.717, 1.165) is 25.8 Å². The normalized spacial score (nSPS) is 10.4. The highest BCUT2D eigenvalue weighted by Gasteiger charge is 2.11. The molecule has 22 heavy (non-hydrogen) atoms. The van der Waals surface area contributed by atoms with Crippen LogP contribution in [0.2, 0.25) is 0 Å². The van der Waals surface area contributed by atoms with Gasteiger partial charge in [-0.05, 0) is 33.5 Å². The Bertz CT molecular complexity index is 301. The van der Waals surface area contributed by atoms with E-state index in [2.05, 4.69) is 19.0 Å². The quantitative estimate of drug-likeness (QED) is 0.306. The maximum Gasteiger partial charge on any atom is 0.305 e. The number of hydrogen-bond donors (Lipinski definition) is 2. The maximum atomic E-state index is 11.5. The van der Waals surface area contributed by atoms with Crippen molar-refractivity contribution in [3.63, 3.8) is 0 Å². The lowest BCUT2D eigenvalue weighted by Gasteiger charge is -2.13. The van der Waals surface area contributed by atoms with Crippen LogP contribution in [0, 0.1) is 0 Å². The van der Waals surface area contributed by atoms with Crippen molar-refractivity contribution in [2.45, 2.75) is 57.8 Å². The summed E-state index contributed by atoms with van der Waals surface area (Å²) in [6, 6.07) is 0. The van der Waals surface area contributed by atoms with Crippen molar-refractivity contribution in [3.05, 3.63) is 0 Å². The van der Waals surface area contributed by atoms with Gasteiger partial charge in [-0.3, -0.25) is 14.8 Å². The van der Waals surface area contributed by atoms with Gasteiger partial charge in [0.25, 0.3) is 0 Å². The third-order valence-electron chi connectivity index (χ3n) is 3.32. The monoisotopic (exact) mass is 338 g/mol. The molecular weight excluding hydrogens is 308 g/mol. The van der Waals surface area contributed by atoms with Crippen molar-refractivity contribution in [3.8, 4) is 0 Å². The number of nitrogens with zero attached hydrogens (tertiary/aromatic N) is 2. The van der Waals surface area contributed by atoms with Crippen molar-refractivity contribution in [1.82, 2.24) is 9.96 Å². The van der Waals surface area contributed by atoms with Crippen LogP contribution in [0.5, 0.6) is 0 Å². The molecule has 0 aromatic heterocycles. The number of carboxylic acids is 1. The largest absolute Gasteiger partial charge is 0.481 e. The average molecular weight is 339 g/mol. The van der Waals surface area contributed by atoms with Crippen LogP contribution in [0.25, 0.3) is 0 Å². The summed E-state index contributed by atoms with van der Waals surface area (Å²) in [6.07, 6.45) is 7.79. The Morgan fingerprint density at radius 1 is 0.818 bits per heavy atom. The van der Waals surface area contributed by atoms with Crippen molar-refractivity contribution in [1.29, 1.82) is 0 Å². The molecule has 0 aromatic carbocycles. The molecule has 0 rings (SSSR count). The zero-order valence-corrected chi connectivity index (χ0v) is 14.6. The molecule has 0 aliphatic heterocycles. The molecule has 0 spiro atoms. The number of hydrogen-bond acceptors (Lipinski definition) is 4. The molecule has 132 valence electrons. The van der Waals surface area contributed by atoms with E-state index in [1.165, 1.54) is 25.7 Å². The average Bonchev–Trinajstić information content (AvgIpc) is 2.42. The van der Waals surface area contributed by atoms with Gasteiger partial charge in [0.1, 0.15) is 0 Å². The Kier molecular flexibility index (Phi) is 16.0. The summed E-state index contributed by atoms with van der Waals surface area (Å²) < 4.78 is 0. The number of aliphatic carboxylic acids is 1. The third kappa shape index (κ3) is 15.5. The molecule has 0 unspecified atom stereocenters. The van der Waals surface area contributed by atoms with Gasteiger partial charge in [0, 0.05) is 6.42 Å². The first-order valence-electron chi connectivity index (χ1n) is 7.79. The van der Waals surface area contributed by atoms with Gasteiger partial charge in [0.2, 0.25) is 5.91 Å². The molecule has 0 aliphatic carbocycles. The van der Waals surface area contributed by atoms with Crippen LogP contribution in [-0.4, -0.2) is 59.3 Å². The number of carbonyl (C=O) groups excluding carboxylic acids is 1. The second-order valence-corrected chi connectivity index (χ2v) is 5.69. The number of rotatable bonds is 13. The Hall–Kier alpha value is -0.850. The molecule has 0 saturated carbocycles. The zero-order chi connectivity index (χ0) is 16.1. The predicted molar refractivity (Wildman–Crippen MR) is 88.5 cm³/mol. The van der Waals surface area contributed by atoms with E-state index < -0.39 is 5.97 Å². The number of carbonyl (C=O) groups is 2. The van der Waals surface area contributed by atoms with Crippen molar-refractivity contribution >= 4 is 24.3 Å². The summed E-state index contributed by atoms with van der Waals surface area (Å²) in [5.74, 6) is -1.40. The molecule has 0 bridgehead atoms. The fraction of sp³-hybridized carbons (Fsp3) is 0.867. The summed E-state index contributed by atoms with van der Waals surface area (Å²) >= 11 is 0. The minimum Gasteiger partial charge on any atom is -0.481 e. The van der Waals surface area contributed by atoms with E-state index in [1.807, 2.05) is 0 Å². The lowest BCUT2D eigenvalue weighted by Crippen LogP contribution is -2.29. The molecule has 0 aromatic rings. The summed E-state index contributed by atoms with van der Waals surface area (Å²) in [6.45, 7) is 0.997. The Morgan fingerprint density at radius 3 is 1.82 bits per heavy atom. The van der Waals surface area contributed by atoms with Gasteiger partial charge in [-0.25, -0.2) is 5.06 Å². The van der Waals surface area contributed by atoms with Crippen LogP contribution in [0.1, 0.15) is 57.8 Å². The number of carboxylic acid groups (broad SMARTS) is 1. The lowest BCUT2D eigenvalue weighted by atomic mass is 10.1. The Morgan fingerprint density at radius 2 is 1.32 bits per heavy atom. The van der Waals surface area contributed by atoms with Crippen LogP contribution in [-0.2, 0) is 9.59 Å². The highest BCUT2D eigenvalue weighted by atomic mass is 35.5. The zero-order valence-electron chi connectivity index (χ0n) is 13.8. The van der Waals surface area contributed by atoms with E-state index >= 15 is 0 Å². The van der Waals surface area contributed by atoms with Gasteiger partial charge >= 0.3 is 5.97 Å². The fourth-order valence-corrected chi connectivity index (χ4v) is 2.04. The topological polar surface area (TPSA) is 81.1 Å². The second kappa shape index (κ2) is 15.1. The van der Waals surface area contributed by atoms with Crippen LogP contribution in [0.3, 0.4) is 0 Å². The highest BCUT2D eigenvalue weighted by molar-refractivity contribution is 5.85. The standard InChI is InChI=1S/C15H30N2O4.ClH/c1-16(2)12-9-7-5-3-4-6-8-10-14(18)17(21)13-11-15(19)20;/h21H,3-13H2,1-2H3,(H,19,20);1H. The predicted octanol–water partition coefficient (Wildman–Crippen LogP) is 2.78. The van der Waals surface area contributed by atoms with Crippen LogP contribution in [0.15, 0.2) is 0 Å². The first-order valence-corrected chi connectivity index (χ1v) is 7.79. The molecule has 1 amide bonds. The van der Waals surface area contributed by atoms with E-state index in [-0.39, 0.29) is 37.7 Å². The molecule has 0 aliphatic rings. The van der Waals surface area contributed by atoms with E-state index in [0.29, 0.717) is 5.06 Å². The number of halogens is 1. The first kappa shape index (κ1) is 23.4. The molecule has 0 saturated heterocycles. The van der Waals surface area contributed by atoms with Gasteiger partial charge < -0.3 is 10.0 Å². The molecule has 0 radical (unpaired) electrons. The molecular formula is C15H31ClN2O4. The van der Waals surface area contributed by atoms with Crippen molar-refractivity contribution in [2.24, 2.45) is 0 Å². The van der Waals surface area contributed by atoms with Gasteiger partial charge in [-0.2, -0.15) is 0 Å². The molecule has 7 heteroatoms. The van der Waals surface area contributed by atoms with Gasteiger partial charge in [0.05, 0.1) is 13.0 Å². The molecule has 0 heterocycles. The summed E-state index contributed by atoms with van der Waals surface area (Å²) in [5.41, 5.74) is 0. The molecule has 0 atom stereocenters. The Balaban J connectivity index is 0. The van der Waals surface area contributed by atoms with Gasteiger partial charge in [-0.15, -0.1) is 12.4 Å². The Labute approximate surface area is 139 Å². The fourth-order valence-electron chi connectivity index (χ4n) is 2.04. The van der Waals surface area contributed by atoms with E-state index in [4.69, 9.17) is 5.11 Å². The number of amides is 1. The van der Waals surface area contributed by atoms with Gasteiger partial charge in [-0.1, -0.05) is 32.1 Å². The van der Waals surface area contributed by atoms with Crippen LogP contribution < -0.4 is 0 Å². The number of unbranched alkanes of at least 4 members (excludes halogenated alkanes) is 6. The summed E-state index contributed by atoms with van der Waals surface area (Å²) in [7, 11) is 4.16. The van der Waals surface area contributed by atoms with Crippen molar-refractivity contribution in [2.75, 3.05) is 27.2 Å². The van der Waals surface area contributed by atoms with Gasteiger partial charge in [0.15, 0.2) is 0 Å². The molecule has 0 fully saturated rings. The second-order valence-electron chi connectivity index (χ2n) is 5.69. The SMILES string of the molecule is CN(C)CCCCCCCCCC(=O)N(O)CCC(=O)O.Cl. The maximum absolute atomic E-state index is 11.5. The van der Waals surface area contributed by atoms with Crippen molar-refractivity contribution < 1.29 is 19.9 Å². The smallest absolute Gasteiger partial charge is 0.305 e. The third-order valence-corrected chi connectivity index (χ3v) is 3.32. The highest BCUT2D eigenvalue weighted by Crippen LogP contribution is 2.09.